The van der Waals surface area contributed by atoms with Crippen LogP contribution in [-0.2, 0) is 13.6 Å². The second kappa shape index (κ2) is 4.81. The average Bonchev–Trinajstić information content (AvgIpc) is 2.59. The molecule has 1 saturated carbocycles. The lowest BCUT2D eigenvalue weighted by atomic mass is 9.75. The molecule has 1 heterocycles. The molecule has 1 fully saturated rings. The molecule has 0 unspecified atom stereocenters. The highest BCUT2D eigenvalue weighted by atomic mass is 15.3. The monoisotopic (exact) mass is 235 g/mol. The Bertz CT molecular complexity index is 369. The lowest BCUT2D eigenvalue weighted by Gasteiger charge is -2.42. The number of nitrogens with zero attached hydrogens (tertiary/aromatic N) is 2. The Kier molecular flexibility index (Phi) is 3.57. The summed E-state index contributed by atoms with van der Waals surface area (Å²) in [5.74, 6) is 0.506. The topological polar surface area (TPSA) is 29.9 Å². The second-order valence-corrected chi connectivity index (χ2v) is 5.71. The van der Waals surface area contributed by atoms with E-state index in [1.54, 1.807) is 0 Å². The lowest BCUT2D eigenvalue weighted by Crippen LogP contribution is -2.49. The molecule has 2 rings (SSSR count). The van der Waals surface area contributed by atoms with E-state index in [1.165, 1.54) is 36.9 Å². The number of hydrogen-bond donors (Lipinski definition) is 1. The Labute approximate surface area is 105 Å². The summed E-state index contributed by atoms with van der Waals surface area (Å²) in [6.07, 6.45) is 7.45. The van der Waals surface area contributed by atoms with Crippen molar-refractivity contribution in [2.24, 2.45) is 7.05 Å². The van der Waals surface area contributed by atoms with Gasteiger partial charge in [-0.05, 0) is 31.6 Å². The van der Waals surface area contributed by atoms with Gasteiger partial charge in [0.05, 0.1) is 5.69 Å². The molecule has 0 aliphatic heterocycles. The molecule has 1 N–H and O–H groups in total. The predicted molar refractivity (Wildman–Crippen MR) is 71.0 cm³/mol. The summed E-state index contributed by atoms with van der Waals surface area (Å²) < 4.78 is 1.94. The van der Waals surface area contributed by atoms with Gasteiger partial charge in [-0.25, -0.2) is 0 Å². The standard InChI is InChI=1S/C14H25N3/c1-5-14(7-6-8-14)15-9-12-10-17(4)16-13(12)11(2)3/h10-11,15H,5-9H2,1-4H3. The SMILES string of the molecule is CCC1(NCc2cn(C)nc2C(C)C)CCC1. The molecule has 0 spiro atoms. The van der Waals surface area contributed by atoms with Gasteiger partial charge in [0.2, 0.25) is 0 Å². The van der Waals surface area contributed by atoms with Crippen molar-refractivity contribution in [1.29, 1.82) is 0 Å². The first-order valence-electron chi connectivity index (χ1n) is 6.84. The minimum Gasteiger partial charge on any atom is -0.307 e. The van der Waals surface area contributed by atoms with Crippen LogP contribution in [0.1, 0.15) is 63.6 Å². The van der Waals surface area contributed by atoms with Crippen molar-refractivity contribution in [3.63, 3.8) is 0 Å². The maximum atomic E-state index is 4.56. The maximum Gasteiger partial charge on any atom is 0.0694 e. The third-order valence-corrected chi connectivity index (χ3v) is 4.13. The molecule has 0 atom stereocenters. The van der Waals surface area contributed by atoms with Crippen molar-refractivity contribution >= 4 is 0 Å². The van der Waals surface area contributed by atoms with Crippen molar-refractivity contribution < 1.29 is 0 Å². The van der Waals surface area contributed by atoms with E-state index in [0.717, 1.165) is 6.54 Å². The zero-order valence-corrected chi connectivity index (χ0v) is 11.6. The molecule has 0 aromatic carbocycles. The fraction of sp³-hybridized carbons (Fsp3) is 0.786. The molecule has 17 heavy (non-hydrogen) atoms. The molecule has 0 radical (unpaired) electrons. The first-order valence-corrected chi connectivity index (χ1v) is 6.84. The third kappa shape index (κ3) is 2.54. The van der Waals surface area contributed by atoms with Crippen molar-refractivity contribution in [1.82, 2.24) is 15.1 Å². The third-order valence-electron chi connectivity index (χ3n) is 4.13. The number of hydrogen-bond acceptors (Lipinski definition) is 2. The second-order valence-electron chi connectivity index (χ2n) is 5.71. The number of aryl methyl sites for hydroxylation is 1. The number of nitrogens with one attached hydrogen (secondary N) is 1. The Balaban J connectivity index is 2.03. The van der Waals surface area contributed by atoms with Crippen LogP contribution >= 0.6 is 0 Å². The van der Waals surface area contributed by atoms with Gasteiger partial charge in [0.1, 0.15) is 0 Å². The van der Waals surface area contributed by atoms with Crippen LogP contribution in [0, 0.1) is 0 Å². The summed E-state index contributed by atoms with van der Waals surface area (Å²) in [4.78, 5) is 0. The van der Waals surface area contributed by atoms with Gasteiger partial charge in [-0.1, -0.05) is 20.8 Å². The molecule has 0 bridgehead atoms. The molecule has 0 amide bonds. The molecule has 3 nitrogen and oxygen atoms in total. The van der Waals surface area contributed by atoms with E-state index in [1.807, 2.05) is 11.7 Å². The van der Waals surface area contributed by atoms with Crippen LogP contribution < -0.4 is 5.32 Å². The minimum absolute atomic E-state index is 0.421. The van der Waals surface area contributed by atoms with E-state index < -0.39 is 0 Å². The van der Waals surface area contributed by atoms with E-state index >= 15 is 0 Å². The molecule has 1 aliphatic carbocycles. The normalized spacial score (nSPS) is 18.4. The van der Waals surface area contributed by atoms with Crippen molar-refractivity contribution in [3.8, 4) is 0 Å². The van der Waals surface area contributed by atoms with E-state index in [2.05, 4.69) is 37.4 Å². The highest BCUT2D eigenvalue weighted by Crippen LogP contribution is 2.35. The van der Waals surface area contributed by atoms with Crippen molar-refractivity contribution in [2.75, 3.05) is 0 Å². The molecule has 96 valence electrons. The first kappa shape index (κ1) is 12.6. The first-order chi connectivity index (χ1) is 8.06. The zero-order valence-electron chi connectivity index (χ0n) is 11.6. The van der Waals surface area contributed by atoms with Gasteiger partial charge < -0.3 is 5.32 Å². The molecule has 1 aromatic heterocycles. The molecular formula is C14H25N3. The van der Waals surface area contributed by atoms with Gasteiger partial charge in [0.15, 0.2) is 0 Å². The largest absolute Gasteiger partial charge is 0.307 e. The quantitative estimate of drug-likeness (QED) is 0.850. The Morgan fingerprint density at radius 3 is 2.65 bits per heavy atom. The Morgan fingerprint density at radius 2 is 2.18 bits per heavy atom. The summed E-state index contributed by atoms with van der Waals surface area (Å²) in [6.45, 7) is 7.68. The molecule has 1 aromatic rings. The summed E-state index contributed by atoms with van der Waals surface area (Å²) >= 11 is 0. The van der Waals surface area contributed by atoms with Crippen LogP contribution in [0.15, 0.2) is 6.20 Å². The van der Waals surface area contributed by atoms with Crippen LogP contribution in [-0.4, -0.2) is 15.3 Å². The average molecular weight is 235 g/mol. The van der Waals surface area contributed by atoms with Crippen molar-refractivity contribution in [3.05, 3.63) is 17.5 Å². The van der Waals surface area contributed by atoms with Crippen LogP contribution in [0.4, 0.5) is 0 Å². The van der Waals surface area contributed by atoms with Gasteiger partial charge in [0.25, 0.3) is 0 Å². The van der Waals surface area contributed by atoms with Gasteiger partial charge in [-0.2, -0.15) is 5.10 Å². The highest BCUT2D eigenvalue weighted by molar-refractivity contribution is 5.20. The molecule has 1 aliphatic rings. The Hall–Kier alpha value is -0.830. The van der Waals surface area contributed by atoms with Crippen LogP contribution in [0.5, 0.6) is 0 Å². The smallest absolute Gasteiger partial charge is 0.0694 e. The van der Waals surface area contributed by atoms with Gasteiger partial charge in [0, 0.05) is 30.9 Å². The summed E-state index contributed by atoms with van der Waals surface area (Å²) in [6, 6.07) is 0. The van der Waals surface area contributed by atoms with Gasteiger partial charge in [-0.3, -0.25) is 4.68 Å². The van der Waals surface area contributed by atoms with Crippen LogP contribution in [0.3, 0.4) is 0 Å². The number of aromatic nitrogens is 2. The number of rotatable bonds is 5. The van der Waals surface area contributed by atoms with Crippen LogP contribution in [0.2, 0.25) is 0 Å². The maximum absolute atomic E-state index is 4.56. The van der Waals surface area contributed by atoms with Crippen molar-refractivity contribution in [2.45, 2.75) is 64.5 Å². The van der Waals surface area contributed by atoms with E-state index in [0.29, 0.717) is 11.5 Å². The summed E-state index contributed by atoms with van der Waals surface area (Å²) in [5.41, 5.74) is 3.03. The van der Waals surface area contributed by atoms with Gasteiger partial charge >= 0.3 is 0 Å². The predicted octanol–water partition coefficient (Wildman–Crippen LogP) is 2.97. The fourth-order valence-corrected chi connectivity index (χ4v) is 2.72. The minimum atomic E-state index is 0.421. The van der Waals surface area contributed by atoms with E-state index in [9.17, 15) is 0 Å². The summed E-state index contributed by atoms with van der Waals surface area (Å²) in [5, 5.41) is 8.31. The Morgan fingerprint density at radius 1 is 1.47 bits per heavy atom. The zero-order chi connectivity index (χ0) is 12.5. The molecular weight excluding hydrogens is 210 g/mol. The van der Waals surface area contributed by atoms with E-state index in [-0.39, 0.29) is 0 Å². The van der Waals surface area contributed by atoms with Crippen LogP contribution in [0.25, 0.3) is 0 Å². The summed E-state index contributed by atoms with van der Waals surface area (Å²) in [7, 11) is 2.01. The highest BCUT2D eigenvalue weighted by Gasteiger charge is 2.34. The molecule has 3 heteroatoms. The van der Waals surface area contributed by atoms with Gasteiger partial charge in [-0.15, -0.1) is 0 Å². The van der Waals surface area contributed by atoms with E-state index in [4.69, 9.17) is 0 Å². The lowest BCUT2D eigenvalue weighted by molar-refractivity contribution is 0.175. The fourth-order valence-electron chi connectivity index (χ4n) is 2.72. The molecule has 0 saturated heterocycles.